The maximum absolute atomic E-state index is 14.3. The Labute approximate surface area is 145 Å². The fraction of sp³-hybridized carbons (Fsp3) is 0.250. The van der Waals surface area contributed by atoms with E-state index in [-0.39, 0.29) is 23.9 Å². The van der Waals surface area contributed by atoms with Crippen LogP contribution >= 0.6 is 0 Å². The van der Waals surface area contributed by atoms with Gasteiger partial charge in [0.15, 0.2) is 5.78 Å². The highest BCUT2D eigenvalue weighted by Gasteiger charge is 2.40. The van der Waals surface area contributed by atoms with Gasteiger partial charge in [-0.15, -0.1) is 0 Å². The molecule has 0 radical (unpaired) electrons. The van der Waals surface area contributed by atoms with Crippen LogP contribution in [0.15, 0.2) is 60.1 Å². The van der Waals surface area contributed by atoms with Crippen LogP contribution in [0.3, 0.4) is 0 Å². The van der Waals surface area contributed by atoms with E-state index in [1.54, 1.807) is 47.6 Å². The smallest absolute Gasteiger partial charge is 0.232 e. The standard InChI is InChI=1S/C20H17FN2O2/c21-16-7-2-1-6-14(16)15-11-19(25)23(13-5-4-10-22-12-13)17-8-3-9-18(24)20(15)17/h1-2,4-7,10,12,15H,3,8-9,11H2. The fourth-order valence-corrected chi connectivity index (χ4v) is 3.80. The lowest BCUT2D eigenvalue weighted by Gasteiger charge is -2.38. The second-order valence-corrected chi connectivity index (χ2v) is 6.36. The molecule has 0 fully saturated rings. The molecule has 2 aromatic rings. The van der Waals surface area contributed by atoms with E-state index in [1.165, 1.54) is 6.07 Å². The quantitative estimate of drug-likeness (QED) is 0.839. The van der Waals surface area contributed by atoms with Gasteiger partial charge < -0.3 is 0 Å². The minimum absolute atomic E-state index is 0.0101. The molecule has 1 aromatic heterocycles. The molecule has 1 unspecified atom stereocenters. The van der Waals surface area contributed by atoms with Crippen LogP contribution in [0.25, 0.3) is 0 Å². The molecule has 126 valence electrons. The first-order chi connectivity index (χ1) is 12.2. The fourth-order valence-electron chi connectivity index (χ4n) is 3.80. The number of pyridine rings is 1. The van der Waals surface area contributed by atoms with Gasteiger partial charge in [-0.1, -0.05) is 18.2 Å². The predicted molar refractivity (Wildman–Crippen MR) is 91.4 cm³/mol. The molecule has 0 saturated heterocycles. The molecule has 25 heavy (non-hydrogen) atoms. The predicted octanol–water partition coefficient (Wildman–Crippen LogP) is 3.75. The Morgan fingerprint density at radius 1 is 1.08 bits per heavy atom. The third-order valence-electron chi connectivity index (χ3n) is 4.86. The summed E-state index contributed by atoms with van der Waals surface area (Å²) in [7, 11) is 0. The summed E-state index contributed by atoms with van der Waals surface area (Å²) in [6.45, 7) is 0. The van der Waals surface area contributed by atoms with Gasteiger partial charge in [0.1, 0.15) is 5.82 Å². The van der Waals surface area contributed by atoms with E-state index in [1.807, 2.05) is 0 Å². The third kappa shape index (κ3) is 2.65. The number of hydrogen-bond acceptors (Lipinski definition) is 3. The molecule has 0 spiro atoms. The van der Waals surface area contributed by atoms with Crippen LogP contribution in [0, 0.1) is 5.82 Å². The van der Waals surface area contributed by atoms with Crippen molar-refractivity contribution in [1.29, 1.82) is 0 Å². The number of Topliss-reactive ketones (excluding diaryl/α,β-unsaturated/α-hetero) is 1. The normalized spacial score (nSPS) is 20.7. The van der Waals surface area contributed by atoms with Gasteiger partial charge in [0.2, 0.25) is 5.91 Å². The third-order valence-corrected chi connectivity index (χ3v) is 4.86. The summed E-state index contributed by atoms with van der Waals surface area (Å²) in [6, 6.07) is 9.96. The van der Waals surface area contributed by atoms with Crippen LogP contribution < -0.4 is 4.90 Å². The first-order valence-electron chi connectivity index (χ1n) is 8.40. The lowest BCUT2D eigenvalue weighted by Crippen LogP contribution is -2.40. The zero-order valence-electron chi connectivity index (χ0n) is 13.6. The Bertz CT molecular complexity index is 876. The lowest BCUT2D eigenvalue weighted by atomic mass is 9.77. The van der Waals surface area contributed by atoms with Crippen LogP contribution in [-0.4, -0.2) is 16.7 Å². The van der Waals surface area contributed by atoms with Gasteiger partial charge in [-0.05, 0) is 36.6 Å². The number of nitrogens with zero attached hydrogens (tertiary/aromatic N) is 2. The molecule has 2 aliphatic rings. The highest BCUT2D eigenvalue weighted by atomic mass is 19.1. The number of aromatic nitrogens is 1. The minimum atomic E-state index is -0.510. The molecule has 5 heteroatoms. The van der Waals surface area contributed by atoms with Gasteiger partial charge in [-0.2, -0.15) is 0 Å². The number of amides is 1. The largest absolute Gasteiger partial charge is 0.294 e. The molecule has 2 heterocycles. The van der Waals surface area contributed by atoms with E-state index in [9.17, 15) is 14.0 Å². The average Bonchev–Trinajstić information content (AvgIpc) is 2.62. The van der Waals surface area contributed by atoms with Crippen molar-refractivity contribution < 1.29 is 14.0 Å². The monoisotopic (exact) mass is 336 g/mol. The van der Waals surface area contributed by atoms with Crippen LogP contribution in [0.5, 0.6) is 0 Å². The summed E-state index contributed by atoms with van der Waals surface area (Å²) in [6.07, 6.45) is 5.12. The van der Waals surface area contributed by atoms with Crippen molar-refractivity contribution in [3.63, 3.8) is 0 Å². The van der Waals surface area contributed by atoms with Crippen LogP contribution in [-0.2, 0) is 9.59 Å². The molecule has 1 aliphatic carbocycles. The van der Waals surface area contributed by atoms with E-state index < -0.39 is 5.92 Å². The summed E-state index contributed by atoms with van der Waals surface area (Å²) in [4.78, 5) is 31.2. The summed E-state index contributed by atoms with van der Waals surface area (Å²) in [5.41, 5.74) is 2.36. The number of hydrogen-bond donors (Lipinski definition) is 0. The van der Waals surface area contributed by atoms with Crippen molar-refractivity contribution >= 4 is 17.4 Å². The molecule has 1 aliphatic heterocycles. The van der Waals surface area contributed by atoms with Crippen LogP contribution in [0.1, 0.15) is 37.2 Å². The van der Waals surface area contributed by atoms with Gasteiger partial charge in [0.25, 0.3) is 0 Å². The van der Waals surface area contributed by atoms with E-state index >= 15 is 0 Å². The number of allylic oxidation sites excluding steroid dienone is 2. The maximum atomic E-state index is 14.3. The Balaban J connectivity index is 1.89. The number of carbonyl (C=O) groups excluding carboxylic acids is 2. The maximum Gasteiger partial charge on any atom is 0.232 e. The average molecular weight is 336 g/mol. The van der Waals surface area contributed by atoms with Crippen LogP contribution in [0.2, 0.25) is 0 Å². The summed E-state index contributed by atoms with van der Waals surface area (Å²) in [5, 5.41) is 0. The van der Waals surface area contributed by atoms with Gasteiger partial charge >= 0.3 is 0 Å². The molecule has 4 nitrogen and oxygen atoms in total. The number of ketones is 1. The first-order valence-corrected chi connectivity index (χ1v) is 8.40. The second kappa shape index (κ2) is 6.24. The summed E-state index contributed by atoms with van der Waals surface area (Å²) in [5.74, 6) is -1.00. The van der Waals surface area contributed by atoms with E-state index in [0.29, 0.717) is 41.8 Å². The molecule has 0 N–H and O–H groups in total. The topological polar surface area (TPSA) is 50.3 Å². The van der Waals surface area contributed by atoms with Crippen molar-refractivity contribution in [2.24, 2.45) is 0 Å². The number of rotatable bonds is 2. The van der Waals surface area contributed by atoms with E-state index in [0.717, 1.165) is 0 Å². The lowest BCUT2D eigenvalue weighted by molar-refractivity contribution is -0.119. The molecule has 1 amide bonds. The van der Waals surface area contributed by atoms with Crippen molar-refractivity contribution in [1.82, 2.24) is 4.98 Å². The molecule has 1 aromatic carbocycles. The van der Waals surface area contributed by atoms with Crippen molar-refractivity contribution in [3.05, 3.63) is 71.4 Å². The minimum Gasteiger partial charge on any atom is -0.294 e. The van der Waals surface area contributed by atoms with E-state index in [2.05, 4.69) is 4.98 Å². The first kappa shape index (κ1) is 15.7. The SMILES string of the molecule is O=C1CCCC2=C1C(c1ccccc1F)CC(=O)N2c1cccnc1. The molecule has 1 atom stereocenters. The number of halogens is 1. The highest BCUT2D eigenvalue weighted by Crippen LogP contribution is 2.43. The van der Waals surface area contributed by atoms with Gasteiger partial charge in [0.05, 0.1) is 11.9 Å². The molecule has 0 bridgehead atoms. The summed E-state index contributed by atoms with van der Waals surface area (Å²) < 4.78 is 14.3. The zero-order chi connectivity index (χ0) is 17.4. The Morgan fingerprint density at radius 2 is 1.92 bits per heavy atom. The molecule has 0 saturated carbocycles. The zero-order valence-corrected chi connectivity index (χ0v) is 13.6. The highest BCUT2D eigenvalue weighted by molar-refractivity contribution is 6.07. The van der Waals surface area contributed by atoms with Gasteiger partial charge in [0, 0.05) is 36.2 Å². The van der Waals surface area contributed by atoms with Crippen molar-refractivity contribution in [2.75, 3.05) is 4.90 Å². The van der Waals surface area contributed by atoms with Crippen LogP contribution in [0.4, 0.5) is 10.1 Å². The number of carbonyl (C=O) groups is 2. The molecular weight excluding hydrogens is 319 g/mol. The van der Waals surface area contributed by atoms with Gasteiger partial charge in [-0.3, -0.25) is 19.5 Å². The Morgan fingerprint density at radius 3 is 2.68 bits per heavy atom. The van der Waals surface area contributed by atoms with Crippen molar-refractivity contribution in [2.45, 2.75) is 31.6 Å². The van der Waals surface area contributed by atoms with Gasteiger partial charge in [-0.25, -0.2) is 4.39 Å². The van der Waals surface area contributed by atoms with E-state index in [4.69, 9.17) is 0 Å². The Kier molecular flexibility index (Phi) is 3.92. The number of anilines is 1. The van der Waals surface area contributed by atoms with Crippen molar-refractivity contribution in [3.8, 4) is 0 Å². The molecular formula is C20H17FN2O2. The molecule has 4 rings (SSSR count). The number of benzene rings is 1. The second-order valence-electron chi connectivity index (χ2n) is 6.36. The summed E-state index contributed by atoms with van der Waals surface area (Å²) >= 11 is 0. The Hall–Kier alpha value is -2.82.